The predicted octanol–water partition coefficient (Wildman–Crippen LogP) is 2.20. The van der Waals surface area contributed by atoms with Gasteiger partial charge in [0.1, 0.15) is 5.00 Å². The third-order valence-corrected chi connectivity index (χ3v) is 4.50. The Kier molecular flexibility index (Phi) is 4.02. The van der Waals surface area contributed by atoms with Crippen molar-refractivity contribution in [2.75, 3.05) is 5.32 Å². The highest BCUT2D eigenvalue weighted by Gasteiger charge is 2.08. The van der Waals surface area contributed by atoms with Crippen molar-refractivity contribution >= 4 is 62.7 Å². The molecule has 0 saturated heterocycles. The van der Waals surface area contributed by atoms with Crippen LogP contribution in [-0.4, -0.2) is 12.0 Å². The topological polar surface area (TPSA) is 46.2 Å². The van der Waals surface area contributed by atoms with Crippen molar-refractivity contribution < 1.29 is 9.59 Å². The molecule has 6 heteroatoms. The first-order valence-corrected chi connectivity index (χ1v) is 5.71. The van der Waals surface area contributed by atoms with Crippen LogP contribution in [0.2, 0.25) is 0 Å². The lowest BCUT2D eigenvalue weighted by atomic mass is 10.6. The summed E-state index contributed by atoms with van der Waals surface area (Å²) in [4.78, 5) is 21.2. The largest absolute Gasteiger partial charge is 0.319 e. The fourth-order valence-corrected chi connectivity index (χ4v) is 3.32. The Labute approximate surface area is 91.1 Å². The van der Waals surface area contributed by atoms with Gasteiger partial charge in [-0.1, -0.05) is 11.8 Å². The summed E-state index contributed by atoms with van der Waals surface area (Å²) in [5.74, 6) is 0. The molecule has 3 nitrogen and oxygen atoms in total. The first-order valence-electron chi connectivity index (χ1n) is 2.87. The number of amides is 1. The van der Waals surface area contributed by atoms with Crippen LogP contribution in [-0.2, 0) is 9.59 Å². The molecule has 0 fully saturated rings. The van der Waals surface area contributed by atoms with Gasteiger partial charge >= 0.3 is 0 Å². The van der Waals surface area contributed by atoms with Crippen LogP contribution in [0.4, 0.5) is 5.00 Å². The zero-order chi connectivity index (χ0) is 8.97. The van der Waals surface area contributed by atoms with Crippen LogP contribution >= 0.6 is 45.7 Å². The van der Waals surface area contributed by atoms with Gasteiger partial charge in [0.25, 0.3) is 0 Å². The SMILES string of the molecule is O=CNc1scc(I)c1SC=O. The first kappa shape index (κ1) is 10.0. The molecule has 1 aromatic heterocycles. The summed E-state index contributed by atoms with van der Waals surface area (Å²) >= 11 is 4.61. The summed E-state index contributed by atoms with van der Waals surface area (Å²) in [6.45, 7) is 0. The maximum atomic E-state index is 10.2. The summed E-state index contributed by atoms with van der Waals surface area (Å²) in [6, 6.07) is 0. The van der Waals surface area contributed by atoms with E-state index in [1.54, 1.807) is 0 Å². The van der Waals surface area contributed by atoms with Gasteiger partial charge in [0, 0.05) is 8.95 Å². The molecule has 1 N–H and O–H groups in total. The van der Waals surface area contributed by atoms with E-state index < -0.39 is 0 Å². The molecule has 0 bridgehead atoms. The van der Waals surface area contributed by atoms with Crippen LogP contribution < -0.4 is 5.32 Å². The fourth-order valence-electron chi connectivity index (χ4n) is 0.637. The van der Waals surface area contributed by atoms with E-state index in [1.807, 2.05) is 5.38 Å². The lowest BCUT2D eigenvalue weighted by molar-refractivity contribution is -0.105. The number of anilines is 1. The van der Waals surface area contributed by atoms with Crippen LogP contribution in [0, 0.1) is 3.57 Å². The van der Waals surface area contributed by atoms with E-state index in [4.69, 9.17) is 0 Å². The molecule has 1 aromatic rings. The van der Waals surface area contributed by atoms with E-state index in [-0.39, 0.29) is 0 Å². The molecule has 12 heavy (non-hydrogen) atoms. The van der Waals surface area contributed by atoms with Crippen LogP contribution in [0.1, 0.15) is 0 Å². The van der Waals surface area contributed by atoms with E-state index in [9.17, 15) is 9.59 Å². The predicted molar refractivity (Wildman–Crippen MR) is 59.3 cm³/mol. The summed E-state index contributed by atoms with van der Waals surface area (Å²) in [5, 5.41) is 5.15. The third-order valence-electron chi connectivity index (χ3n) is 1.06. The Morgan fingerprint density at radius 2 is 2.33 bits per heavy atom. The van der Waals surface area contributed by atoms with Crippen molar-refractivity contribution in [3.05, 3.63) is 8.95 Å². The van der Waals surface area contributed by atoms with Crippen molar-refractivity contribution in [1.29, 1.82) is 0 Å². The van der Waals surface area contributed by atoms with E-state index in [0.29, 0.717) is 6.41 Å². The molecule has 0 spiro atoms. The van der Waals surface area contributed by atoms with Gasteiger partial charge in [-0.3, -0.25) is 9.59 Å². The second-order valence-electron chi connectivity index (χ2n) is 1.72. The fraction of sp³-hybridized carbons (Fsp3) is 0. The molecule has 1 amide bonds. The van der Waals surface area contributed by atoms with Crippen LogP contribution in [0.5, 0.6) is 0 Å². The highest BCUT2D eigenvalue weighted by atomic mass is 127. The molecular weight excluding hydrogens is 309 g/mol. The first-order chi connectivity index (χ1) is 5.79. The zero-order valence-corrected chi connectivity index (χ0v) is 9.53. The Morgan fingerprint density at radius 3 is 2.92 bits per heavy atom. The molecular formula is C6H4INO2S2. The molecule has 0 atom stereocenters. The molecule has 0 aromatic carbocycles. The van der Waals surface area contributed by atoms with Gasteiger partial charge in [-0.05, 0) is 22.6 Å². The average molecular weight is 313 g/mol. The minimum absolute atomic E-state index is 0.608. The van der Waals surface area contributed by atoms with Gasteiger partial charge in [-0.15, -0.1) is 11.3 Å². The van der Waals surface area contributed by atoms with Gasteiger partial charge in [-0.2, -0.15) is 0 Å². The molecule has 0 saturated carbocycles. The van der Waals surface area contributed by atoms with Gasteiger partial charge in [0.05, 0.1) is 4.90 Å². The van der Waals surface area contributed by atoms with Crippen LogP contribution in [0.25, 0.3) is 0 Å². The lowest BCUT2D eigenvalue weighted by Gasteiger charge is -1.96. The standard InChI is InChI=1S/C6H4INO2S2/c7-4-1-11-6(8-2-9)5(4)12-3-10/h1-3H,(H,8,9). The smallest absolute Gasteiger partial charge is 0.212 e. The van der Waals surface area contributed by atoms with Crippen molar-refractivity contribution in [3.8, 4) is 0 Å². The molecule has 0 aliphatic heterocycles. The molecule has 0 radical (unpaired) electrons. The Hall–Kier alpha value is -0.0800. The average Bonchev–Trinajstić information content (AvgIpc) is 2.37. The maximum Gasteiger partial charge on any atom is 0.212 e. The van der Waals surface area contributed by atoms with Crippen molar-refractivity contribution in [2.24, 2.45) is 0 Å². The molecule has 0 aliphatic carbocycles. The summed E-state index contributed by atoms with van der Waals surface area (Å²) in [6.07, 6.45) is 0.608. The maximum absolute atomic E-state index is 10.2. The number of thiophene rings is 1. The van der Waals surface area contributed by atoms with Crippen molar-refractivity contribution in [1.82, 2.24) is 0 Å². The monoisotopic (exact) mass is 313 g/mol. The van der Waals surface area contributed by atoms with Crippen molar-refractivity contribution in [2.45, 2.75) is 4.90 Å². The van der Waals surface area contributed by atoms with Gasteiger partial charge < -0.3 is 5.32 Å². The number of carbonyl (C=O) groups is 2. The van der Waals surface area contributed by atoms with E-state index >= 15 is 0 Å². The van der Waals surface area contributed by atoms with E-state index in [2.05, 4.69) is 27.9 Å². The Balaban J connectivity index is 2.94. The summed E-state index contributed by atoms with van der Waals surface area (Å²) in [5.41, 5.74) is 0.750. The second kappa shape index (κ2) is 4.83. The number of hydrogen-bond acceptors (Lipinski definition) is 4. The van der Waals surface area contributed by atoms with E-state index in [0.717, 1.165) is 30.8 Å². The van der Waals surface area contributed by atoms with Gasteiger partial charge in [0.15, 0.2) is 5.62 Å². The number of rotatable bonds is 4. The molecule has 0 aliphatic rings. The number of thioether (sulfide) groups is 1. The number of halogens is 1. The molecule has 0 unspecified atom stereocenters. The number of nitrogens with one attached hydrogen (secondary N) is 1. The van der Waals surface area contributed by atoms with Crippen LogP contribution in [0.3, 0.4) is 0 Å². The van der Waals surface area contributed by atoms with Gasteiger partial charge in [0.2, 0.25) is 6.41 Å². The summed E-state index contributed by atoms with van der Waals surface area (Å²) in [7, 11) is 0. The minimum atomic E-state index is 0.608. The van der Waals surface area contributed by atoms with Gasteiger partial charge in [-0.25, -0.2) is 0 Å². The lowest BCUT2D eigenvalue weighted by Crippen LogP contribution is -1.91. The van der Waals surface area contributed by atoms with Crippen molar-refractivity contribution in [3.63, 3.8) is 0 Å². The van der Waals surface area contributed by atoms with Crippen LogP contribution in [0.15, 0.2) is 10.3 Å². The number of hydrogen-bond donors (Lipinski definition) is 1. The molecule has 1 heterocycles. The van der Waals surface area contributed by atoms with E-state index in [1.165, 1.54) is 11.3 Å². The second-order valence-corrected chi connectivity index (χ2v) is 4.60. The highest BCUT2D eigenvalue weighted by molar-refractivity contribution is 14.1. The summed E-state index contributed by atoms with van der Waals surface area (Å²) < 4.78 is 0.985. The zero-order valence-electron chi connectivity index (χ0n) is 5.74. The number of carbonyl (C=O) groups excluding carboxylic acids is 2. The Bertz CT molecular complexity index is 300. The Morgan fingerprint density at radius 1 is 1.58 bits per heavy atom. The minimum Gasteiger partial charge on any atom is -0.319 e. The quantitative estimate of drug-likeness (QED) is 0.527. The normalized spacial score (nSPS) is 9.42. The molecule has 1 rings (SSSR count). The highest BCUT2D eigenvalue weighted by Crippen LogP contribution is 2.35. The third kappa shape index (κ3) is 2.20. The molecule has 64 valence electrons.